The summed E-state index contributed by atoms with van der Waals surface area (Å²) in [5.41, 5.74) is 0.190. The Balaban J connectivity index is 1.69. The fraction of sp³-hybridized carbons (Fsp3) is 0.0909. The number of nitrogens with zero attached hydrogens (tertiary/aromatic N) is 2. The fourth-order valence-corrected chi connectivity index (χ4v) is 3.86. The number of halogens is 3. The van der Waals surface area contributed by atoms with E-state index in [0.29, 0.717) is 22.2 Å². The average Bonchev–Trinajstić information content (AvgIpc) is 3.33. The molecule has 4 nitrogen and oxygen atoms in total. The standard InChI is InChI=1S/C22H15F3N2O2S/c23-22(24,25)16-7-4-6-15(12-16)13-19-20(28)27(14-18-10-5-11-29-18)21(30-19)26-17-8-2-1-3-9-17/h1-13H,14H2/b19-13-,26-21?. The summed E-state index contributed by atoms with van der Waals surface area (Å²) in [6.07, 6.45) is -1.49. The van der Waals surface area contributed by atoms with Gasteiger partial charge < -0.3 is 4.42 Å². The summed E-state index contributed by atoms with van der Waals surface area (Å²) >= 11 is 1.12. The summed E-state index contributed by atoms with van der Waals surface area (Å²) < 4.78 is 44.4. The first-order valence-electron chi connectivity index (χ1n) is 8.95. The minimum atomic E-state index is -4.45. The lowest BCUT2D eigenvalue weighted by Gasteiger charge is -2.13. The van der Waals surface area contributed by atoms with Crippen molar-refractivity contribution in [3.8, 4) is 0 Å². The first kappa shape index (κ1) is 20.0. The Morgan fingerprint density at radius 1 is 1.03 bits per heavy atom. The van der Waals surface area contributed by atoms with Crippen molar-refractivity contribution in [3.05, 3.63) is 94.8 Å². The fourth-order valence-electron chi connectivity index (χ4n) is 2.86. The first-order valence-corrected chi connectivity index (χ1v) is 9.76. The van der Waals surface area contributed by atoms with Crippen LogP contribution >= 0.6 is 11.8 Å². The zero-order valence-corrected chi connectivity index (χ0v) is 16.3. The molecule has 1 fully saturated rings. The number of furan rings is 1. The predicted molar refractivity (Wildman–Crippen MR) is 110 cm³/mol. The average molecular weight is 428 g/mol. The van der Waals surface area contributed by atoms with Crippen molar-refractivity contribution < 1.29 is 22.4 Å². The second kappa shape index (κ2) is 8.23. The van der Waals surface area contributed by atoms with Crippen LogP contribution in [0.15, 0.2) is 87.3 Å². The molecule has 0 N–H and O–H groups in total. The number of amidine groups is 1. The quantitative estimate of drug-likeness (QED) is 0.472. The molecule has 0 spiro atoms. The smallest absolute Gasteiger partial charge is 0.416 e. The van der Waals surface area contributed by atoms with Gasteiger partial charge in [-0.15, -0.1) is 0 Å². The lowest BCUT2D eigenvalue weighted by Crippen LogP contribution is -2.28. The Bertz CT molecular complexity index is 1110. The normalized spacial score (nSPS) is 17.3. The van der Waals surface area contributed by atoms with E-state index in [1.165, 1.54) is 29.4 Å². The van der Waals surface area contributed by atoms with Gasteiger partial charge in [0.2, 0.25) is 0 Å². The van der Waals surface area contributed by atoms with E-state index < -0.39 is 11.7 Å². The molecule has 0 radical (unpaired) electrons. The molecule has 1 aliphatic rings. The molecule has 4 rings (SSSR count). The number of carbonyl (C=O) groups excluding carboxylic acids is 1. The van der Waals surface area contributed by atoms with Gasteiger partial charge in [-0.2, -0.15) is 13.2 Å². The molecule has 0 atom stereocenters. The van der Waals surface area contributed by atoms with Crippen LogP contribution in [0.1, 0.15) is 16.9 Å². The van der Waals surface area contributed by atoms with Crippen LogP contribution in [0.5, 0.6) is 0 Å². The summed E-state index contributed by atoms with van der Waals surface area (Å²) in [5, 5.41) is 0.431. The highest BCUT2D eigenvalue weighted by Gasteiger charge is 2.34. The van der Waals surface area contributed by atoms with Gasteiger partial charge in [0.25, 0.3) is 5.91 Å². The molecule has 1 amide bonds. The molecular weight excluding hydrogens is 413 g/mol. The van der Waals surface area contributed by atoms with Gasteiger partial charge in [-0.3, -0.25) is 9.69 Å². The van der Waals surface area contributed by atoms with Gasteiger partial charge in [-0.1, -0.05) is 30.3 Å². The molecule has 1 aliphatic heterocycles. The van der Waals surface area contributed by atoms with Crippen LogP contribution < -0.4 is 0 Å². The van der Waals surface area contributed by atoms with Crippen LogP contribution in [0.4, 0.5) is 18.9 Å². The number of benzene rings is 2. The number of thioether (sulfide) groups is 1. The van der Waals surface area contributed by atoms with Crippen LogP contribution in [-0.4, -0.2) is 16.0 Å². The van der Waals surface area contributed by atoms with Gasteiger partial charge >= 0.3 is 6.18 Å². The molecule has 3 aromatic rings. The number of rotatable bonds is 4. The Morgan fingerprint density at radius 2 is 1.83 bits per heavy atom. The molecule has 0 aliphatic carbocycles. The van der Waals surface area contributed by atoms with Gasteiger partial charge in [0, 0.05) is 0 Å². The summed E-state index contributed by atoms with van der Waals surface area (Å²) in [5.74, 6) is 0.230. The summed E-state index contributed by atoms with van der Waals surface area (Å²) in [4.78, 5) is 19.3. The van der Waals surface area contributed by atoms with E-state index in [2.05, 4.69) is 4.99 Å². The maximum absolute atomic E-state index is 13.0. The molecule has 152 valence electrons. The van der Waals surface area contributed by atoms with E-state index >= 15 is 0 Å². The maximum atomic E-state index is 13.0. The number of alkyl halides is 3. The Hall–Kier alpha value is -3.26. The van der Waals surface area contributed by atoms with E-state index in [0.717, 1.165) is 23.9 Å². The van der Waals surface area contributed by atoms with E-state index in [9.17, 15) is 18.0 Å². The molecular formula is C22H15F3N2O2S. The number of para-hydroxylation sites is 1. The number of carbonyl (C=O) groups is 1. The highest BCUT2D eigenvalue weighted by atomic mass is 32.2. The molecule has 30 heavy (non-hydrogen) atoms. The molecule has 1 aromatic heterocycles. The second-order valence-corrected chi connectivity index (χ2v) is 7.44. The van der Waals surface area contributed by atoms with Gasteiger partial charge in [0.05, 0.1) is 29.0 Å². The third-order valence-electron chi connectivity index (χ3n) is 4.27. The molecule has 2 aromatic carbocycles. The van der Waals surface area contributed by atoms with Crippen molar-refractivity contribution in [2.24, 2.45) is 4.99 Å². The number of hydrogen-bond acceptors (Lipinski definition) is 4. The minimum absolute atomic E-state index is 0.171. The monoisotopic (exact) mass is 428 g/mol. The summed E-state index contributed by atoms with van der Waals surface area (Å²) in [6, 6.07) is 17.4. The number of hydrogen-bond donors (Lipinski definition) is 0. The highest BCUT2D eigenvalue weighted by Crippen LogP contribution is 2.36. The van der Waals surface area contributed by atoms with Crippen LogP contribution in [0.25, 0.3) is 6.08 Å². The largest absolute Gasteiger partial charge is 0.467 e. The van der Waals surface area contributed by atoms with Crippen molar-refractivity contribution in [1.29, 1.82) is 0 Å². The highest BCUT2D eigenvalue weighted by molar-refractivity contribution is 8.18. The van der Waals surface area contributed by atoms with E-state index in [1.807, 2.05) is 18.2 Å². The first-order chi connectivity index (χ1) is 14.4. The van der Waals surface area contributed by atoms with E-state index in [1.54, 1.807) is 24.3 Å². The van der Waals surface area contributed by atoms with E-state index in [4.69, 9.17) is 4.42 Å². The third kappa shape index (κ3) is 4.49. The lowest BCUT2D eigenvalue weighted by molar-refractivity contribution is -0.137. The van der Waals surface area contributed by atoms with Gasteiger partial charge in [-0.25, -0.2) is 4.99 Å². The SMILES string of the molecule is O=C1/C(=C/c2cccc(C(F)(F)F)c2)SC(=Nc2ccccc2)N1Cc1ccco1. The van der Waals surface area contributed by atoms with E-state index in [-0.39, 0.29) is 17.4 Å². The topological polar surface area (TPSA) is 45.8 Å². The molecule has 1 saturated heterocycles. The van der Waals surface area contributed by atoms with Gasteiger partial charge in [-0.05, 0) is 59.8 Å². The maximum Gasteiger partial charge on any atom is 0.416 e. The second-order valence-electron chi connectivity index (χ2n) is 6.43. The van der Waals surface area contributed by atoms with Gasteiger partial charge in [0.15, 0.2) is 5.17 Å². The van der Waals surface area contributed by atoms with Crippen molar-refractivity contribution in [2.45, 2.75) is 12.7 Å². The molecule has 0 unspecified atom stereocenters. The van der Waals surface area contributed by atoms with Crippen molar-refractivity contribution in [2.75, 3.05) is 0 Å². The summed E-state index contributed by atoms with van der Waals surface area (Å²) in [7, 11) is 0. The Labute approximate surface area is 174 Å². The van der Waals surface area contributed by atoms with Crippen molar-refractivity contribution in [3.63, 3.8) is 0 Å². The number of amides is 1. The Morgan fingerprint density at radius 3 is 2.53 bits per heavy atom. The van der Waals surface area contributed by atoms with Crippen molar-refractivity contribution >= 4 is 34.6 Å². The molecule has 2 heterocycles. The van der Waals surface area contributed by atoms with Crippen molar-refractivity contribution in [1.82, 2.24) is 4.90 Å². The molecule has 0 saturated carbocycles. The lowest BCUT2D eigenvalue weighted by atomic mass is 10.1. The van der Waals surface area contributed by atoms with Gasteiger partial charge in [0.1, 0.15) is 5.76 Å². The van der Waals surface area contributed by atoms with Crippen LogP contribution in [0.2, 0.25) is 0 Å². The molecule has 8 heteroatoms. The number of aliphatic imine (C=N–C) groups is 1. The molecule has 0 bridgehead atoms. The zero-order chi connectivity index (χ0) is 21.1. The predicted octanol–water partition coefficient (Wildman–Crippen LogP) is 6.10. The zero-order valence-electron chi connectivity index (χ0n) is 15.5. The Kier molecular flexibility index (Phi) is 5.50. The minimum Gasteiger partial charge on any atom is -0.467 e. The van der Waals surface area contributed by atoms with Crippen LogP contribution in [0.3, 0.4) is 0 Å². The van der Waals surface area contributed by atoms with Crippen LogP contribution in [-0.2, 0) is 17.5 Å². The van der Waals surface area contributed by atoms with Crippen LogP contribution in [0, 0.1) is 0 Å². The summed E-state index contributed by atoms with van der Waals surface area (Å²) in [6.45, 7) is 0.171. The third-order valence-corrected chi connectivity index (χ3v) is 5.28.